The van der Waals surface area contributed by atoms with Crippen molar-refractivity contribution < 1.29 is 9.53 Å². The first kappa shape index (κ1) is 16.9. The molecule has 7 nitrogen and oxygen atoms in total. The number of carbonyl (C=O) groups excluding carboxylic acids is 1. The number of amides is 1. The predicted molar refractivity (Wildman–Crippen MR) is 95.2 cm³/mol. The maximum absolute atomic E-state index is 12.9. The second-order valence-corrected chi connectivity index (χ2v) is 6.81. The third kappa shape index (κ3) is 3.17. The molecular formula is C18H21N5O2. The molecule has 0 fully saturated rings. The van der Waals surface area contributed by atoms with Crippen molar-refractivity contribution in [3.05, 3.63) is 48.0 Å². The highest BCUT2D eigenvalue weighted by atomic mass is 16.5. The van der Waals surface area contributed by atoms with Crippen LogP contribution in [0.1, 0.15) is 37.0 Å². The van der Waals surface area contributed by atoms with Gasteiger partial charge in [0.15, 0.2) is 0 Å². The third-order valence-corrected chi connectivity index (χ3v) is 4.00. The van der Waals surface area contributed by atoms with Gasteiger partial charge in [-0.15, -0.1) is 0 Å². The van der Waals surface area contributed by atoms with Gasteiger partial charge in [-0.25, -0.2) is 9.50 Å². The Kier molecular flexibility index (Phi) is 4.16. The van der Waals surface area contributed by atoms with E-state index in [0.717, 1.165) is 17.1 Å². The number of carbonyl (C=O) groups is 1. The summed E-state index contributed by atoms with van der Waals surface area (Å²) < 4.78 is 6.82. The molecule has 0 aliphatic rings. The first-order valence-electron chi connectivity index (χ1n) is 7.94. The summed E-state index contributed by atoms with van der Waals surface area (Å²) in [4.78, 5) is 23.0. The molecule has 130 valence electrons. The minimum absolute atomic E-state index is 0.206. The number of anilines is 1. The minimum Gasteiger partial charge on any atom is -0.497 e. The van der Waals surface area contributed by atoms with Gasteiger partial charge in [0.1, 0.15) is 17.8 Å². The van der Waals surface area contributed by atoms with E-state index in [-0.39, 0.29) is 11.3 Å². The molecule has 0 aliphatic heterocycles. The summed E-state index contributed by atoms with van der Waals surface area (Å²) >= 11 is 0. The fraction of sp³-hybridized carbons (Fsp3) is 0.333. The molecule has 0 aliphatic carbocycles. The summed E-state index contributed by atoms with van der Waals surface area (Å²) in [5.74, 6) is 0.947. The lowest BCUT2D eigenvalue weighted by atomic mass is 9.91. The van der Waals surface area contributed by atoms with Gasteiger partial charge >= 0.3 is 0 Å². The van der Waals surface area contributed by atoms with Gasteiger partial charge in [0.25, 0.3) is 11.7 Å². The van der Waals surface area contributed by atoms with Gasteiger partial charge in [0.05, 0.1) is 12.8 Å². The lowest BCUT2D eigenvalue weighted by molar-refractivity contribution is 0.0988. The van der Waals surface area contributed by atoms with Gasteiger partial charge in [0.2, 0.25) is 0 Å². The van der Waals surface area contributed by atoms with Gasteiger partial charge in [0, 0.05) is 18.2 Å². The number of nitrogens with zero attached hydrogens (tertiary/aromatic N) is 5. The molecule has 2 aromatic heterocycles. The normalized spacial score (nSPS) is 11.6. The highest BCUT2D eigenvalue weighted by Gasteiger charge is 2.24. The molecule has 0 bridgehead atoms. The number of hydrogen-bond acceptors (Lipinski definition) is 5. The number of benzene rings is 1. The van der Waals surface area contributed by atoms with Crippen LogP contribution in [-0.4, -0.2) is 39.6 Å². The Morgan fingerprint density at radius 3 is 2.48 bits per heavy atom. The van der Waals surface area contributed by atoms with E-state index in [1.54, 1.807) is 29.6 Å². The molecule has 3 aromatic rings. The standard InChI is InChI=1S/C18H21N5O2/c1-18(2,3)15-10-14(21-17-19-11-20-23(15)17)16(24)22(4)12-6-8-13(25-5)9-7-12/h6-11H,1-5H3. The van der Waals surface area contributed by atoms with Crippen molar-refractivity contribution in [1.29, 1.82) is 0 Å². The fourth-order valence-electron chi connectivity index (χ4n) is 2.55. The van der Waals surface area contributed by atoms with Crippen LogP contribution in [0.2, 0.25) is 0 Å². The average molecular weight is 339 g/mol. The molecule has 2 heterocycles. The Morgan fingerprint density at radius 2 is 1.88 bits per heavy atom. The number of aromatic nitrogens is 4. The van der Waals surface area contributed by atoms with Crippen molar-refractivity contribution in [1.82, 2.24) is 19.6 Å². The van der Waals surface area contributed by atoms with Crippen LogP contribution in [-0.2, 0) is 5.41 Å². The van der Waals surface area contributed by atoms with Crippen LogP contribution in [0.4, 0.5) is 5.69 Å². The predicted octanol–water partition coefficient (Wildman–Crippen LogP) is 2.71. The summed E-state index contributed by atoms with van der Waals surface area (Å²) in [6.07, 6.45) is 1.44. The van der Waals surface area contributed by atoms with E-state index in [2.05, 4.69) is 35.8 Å². The monoisotopic (exact) mass is 339 g/mol. The van der Waals surface area contributed by atoms with Crippen LogP contribution in [0.15, 0.2) is 36.7 Å². The van der Waals surface area contributed by atoms with Crippen molar-refractivity contribution in [2.24, 2.45) is 0 Å². The van der Waals surface area contributed by atoms with Crippen molar-refractivity contribution >= 4 is 17.4 Å². The van der Waals surface area contributed by atoms with Crippen LogP contribution in [0.25, 0.3) is 5.78 Å². The zero-order chi connectivity index (χ0) is 18.2. The number of hydrogen-bond donors (Lipinski definition) is 0. The molecule has 0 spiro atoms. The maximum Gasteiger partial charge on any atom is 0.276 e. The maximum atomic E-state index is 12.9. The first-order valence-corrected chi connectivity index (χ1v) is 7.94. The van der Waals surface area contributed by atoms with E-state index in [4.69, 9.17) is 4.74 Å². The van der Waals surface area contributed by atoms with Crippen LogP contribution in [0.5, 0.6) is 5.75 Å². The van der Waals surface area contributed by atoms with E-state index < -0.39 is 0 Å². The topological polar surface area (TPSA) is 72.6 Å². The Morgan fingerprint density at radius 1 is 1.20 bits per heavy atom. The second-order valence-electron chi connectivity index (χ2n) is 6.81. The first-order chi connectivity index (χ1) is 11.8. The average Bonchev–Trinajstić information content (AvgIpc) is 3.07. The highest BCUT2D eigenvalue weighted by Crippen LogP contribution is 2.24. The SMILES string of the molecule is COc1ccc(N(C)C(=O)c2cc(C(C)(C)C)n3ncnc3n2)cc1. The molecule has 1 amide bonds. The van der Waals surface area contributed by atoms with E-state index in [9.17, 15) is 4.79 Å². The van der Waals surface area contributed by atoms with Crippen LogP contribution in [0.3, 0.4) is 0 Å². The molecule has 0 saturated carbocycles. The Labute approximate surface area is 146 Å². The van der Waals surface area contributed by atoms with E-state index in [1.165, 1.54) is 6.33 Å². The molecule has 0 atom stereocenters. The molecule has 25 heavy (non-hydrogen) atoms. The Bertz CT molecular complexity index is 909. The second kappa shape index (κ2) is 6.16. The number of fused-ring (bicyclic) bond motifs is 1. The quantitative estimate of drug-likeness (QED) is 0.733. The largest absolute Gasteiger partial charge is 0.497 e. The molecule has 0 unspecified atom stereocenters. The molecule has 0 radical (unpaired) electrons. The fourth-order valence-corrected chi connectivity index (χ4v) is 2.55. The molecule has 0 N–H and O–H groups in total. The minimum atomic E-state index is -0.207. The van der Waals surface area contributed by atoms with Crippen molar-refractivity contribution in [3.63, 3.8) is 0 Å². The Hall–Kier alpha value is -2.96. The molecule has 1 aromatic carbocycles. The Balaban J connectivity index is 2.01. The highest BCUT2D eigenvalue weighted by molar-refractivity contribution is 6.04. The van der Waals surface area contributed by atoms with Crippen molar-refractivity contribution in [3.8, 4) is 5.75 Å². The number of methoxy groups -OCH3 is 1. The van der Waals surface area contributed by atoms with Crippen LogP contribution in [0, 0.1) is 0 Å². The summed E-state index contributed by atoms with van der Waals surface area (Å²) in [6, 6.07) is 9.07. The molecular weight excluding hydrogens is 318 g/mol. The van der Waals surface area contributed by atoms with E-state index in [0.29, 0.717) is 11.5 Å². The summed E-state index contributed by atoms with van der Waals surface area (Å²) in [5.41, 5.74) is 1.76. The third-order valence-electron chi connectivity index (χ3n) is 4.00. The number of ether oxygens (including phenoxy) is 1. The lowest BCUT2D eigenvalue weighted by Gasteiger charge is -2.22. The van der Waals surface area contributed by atoms with Gasteiger partial charge in [-0.3, -0.25) is 4.79 Å². The van der Waals surface area contributed by atoms with Gasteiger partial charge in [-0.1, -0.05) is 20.8 Å². The number of rotatable bonds is 3. The van der Waals surface area contributed by atoms with Crippen molar-refractivity contribution in [2.45, 2.75) is 26.2 Å². The zero-order valence-electron chi connectivity index (χ0n) is 15.0. The van der Waals surface area contributed by atoms with Gasteiger partial charge < -0.3 is 9.64 Å². The van der Waals surface area contributed by atoms with E-state index in [1.807, 2.05) is 24.3 Å². The van der Waals surface area contributed by atoms with Gasteiger partial charge in [-0.2, -0.15) is 10.1 Å². The molecule has 3 rings (SSSR count). The summed E-state index contributed by atoms with van der Waals surface area (Å²) in [6.45, 7) is 6.18. The van der Waals surface area contributed by atoms with Crippen LogP contribution >= 0.6 is 0 Å². The van der Waals surface area contributed by atoms with Crippen LogP contribution < -0.4 is 9.64 Å². The van der Waals surface area contributed by atoms with E-state index >= 15 is 0 Å². The summed E-state index contributed by atoms with van der Waals surface area (Å²) in [7, 11) is 3.33. The molecule has 0 saturated heterocycles. The summed E-state index contributed by atoms with van der Waals surface area (Å²) in [5, 5.41) is 4.21. The molecule has 7 heteroatoms. The van der Waals surface area contributed by atoms with Gasteiger partial charge in [-0.05, 0) is 30.3 Å². The smallest absolute Gasteiger partial charge is 0.276 e. The van der Waals surface area contributed by atoms with Crippen molar-refractivity contribution in [2.75, 3.05) is 19.1 Å². The zero-order valence-corrected chi connectivity index (χ0v) is 15.0. The lowest BCUT2D eigenvalue weighted by Crippen LogP contribution is -2.28.